The zero-order valence-corrected chi connectivity index (χ0v) is 6.73. The third-order valence-electron chi connectivity index (χ3n) is 1.20. The maximum atomic E-state index is 10.0. The summed E-state index contributed by atoms with van der Waals surface area (Å²) in [5.74, 6) is -0.856. The second-order valence-corrected chi connectivity index (χ2v) is 2.23. The van der Waals surface area contributed by atoms with Gasteiger partial charge in [0, 0.05) is 11.5 Å². The van der Waals surface area contributed by atoms with Crippen molar-refractivity contribution in [2.24, 2.45) is 5.11 Å². The highest BCUT2D eigenvalue weighted by Gasteiger charge is 1.93. The van der Waals surface area contributed by atoms with Gasteiger partial charge in [0.05, 0.1) is 6.54 Å². The molecule has 68 valence electrons. The van der Waals surface area contributed by atoms with Crippen LogP contribution in [-0.4, -0.2) is 30.7 Å². The second kappa shape index (κ2) is 7.84. The van der Waals surface area contributed by atoms with Crippen LogP contribution in [0.1, 0.15) is 12.8 Å². The predicted octanol–water partition coefficient (Wildman–Crippen LogP) is 0.751. The van der Waals surface area contributed by atoms with Crippen LogP contribution in [0, 0.1) is 0 Å². The lowest BCUT2D eigenvalue weighted by atomic mass is 10.3. The molecule has 0 aliphatic rings. The smallest absolute Gasteiger partial charge is 0.317 e. The van der Waals surface area contributed by atoms with Gasteiger partial charge in [-0.25, -0.2) is 0 Å². The quantitative estimate of drug-likeness (QED) is 0.256. The van der Waals surface area contributed by atoms with Crippen LogP contribution in [-0.2, 0) is 4.79 Å². The average Bonchev–Trinajstić information content (AvgIpc) is 2.02. The predicted molar refractivity (Wildman–Crippen MR) is 43.8 cm³/mol. The number of nitrogens with zero attached hydrogens (tertiary/aromatic N) is 3. The Labute approximate surface area is 70.2 Å². The number of carboxylic acids is 1. The molecule has 0 radical (unpaired) electrons. The first-order valence-corrected chi connectivity index (χ1v) is 3.70. The molecule has 0 aromatic carbocycles. The van der Waals surface area contributed by atoms with E-state index in [1.165, 1.54) is 0 Å². The highest BCUT2D eigenvalue weighted by atomic mass is 16.4. The molecule has 0 bridgehead atoms. The molecule has 0 heterocycles. The molecule has 2 N–H and O–H groups in total. The van der Waals surface area contributed by atoms with Gasteiger partial charge < -0.3 is 10.4 Å². The Kier molecular flexibility index (Phi) is 7.02. The Morgan fingerprint density at radius 2 is 2.33 bits per heavy atom. The summed E-state index contributed by atoms with van der Waals surface area (Å²) in [6, 6.07) is 0. The molecule has 12 heavy (non-hydrogen) atoms. The second-order valence-electron chi connectivity index (χ2n) is 2.23. The molecule has 0 fully saturated rings. The number of carboxylic acid groups (broad SMARTS) is 1. The number of rotatable bonds is 7. The van der Waals surface area contributed by atoms with Crippen molar-refractivity contribution in [3.8, 4) is 0 Å². The molecule has 0 rings (SSSR count). The largest absolute Gasteiger partial charge is 0.480 e. The van der Waals surface area contributed by atoms with Gasteiger partial charge in [-0.3, -0.25) is 4.79 Å². The molecule has 0 amide bonds. The maximum Gasteiger partial charge on any atom is 0.317 e. The van der Waals surface area contributed by atoms with Crippen LogP contribution in [0.25, 0.3) is 10.4 Å². The van der Waals surface area contributed by atoms with E-state index < -0.39 is 5.97 Å². The van der Waals surface area contributed by atoms with E-state index in [4.69, 9.17) is 10.6 Å². The number of hydrogen-bond donors (Lipinski definition) is 2. The van der Waals surface area contributed by atoms with Gasteiger partial charge in [-0.15, -0.1) is 0 Å². The van der Waals surface area contributed by atoms with E-state index in [-0.39, 0.29) is 6.54 Å². The summed E-state index contributed by atoms with van der Waals surface area (Å²) >= 11 is 0. The molecule has 6 nitrogen and oxygen atoms in total. The Bertz CT molecular complexity index is 170. The van der Waals surface area contributed by atoms with Gasteiger partial charge in [-0.2, -0.15) is 0 Å². The lowest BCUT2D eigenvalue weighted by Crippen LogP contribution is -2.23. The topological polar surface area (TPSA) is 98.1 Å². The van der Waals surface area contributed by atoms with Gasteiger partial charge in [0.1, 0.15) is 0 Å². The average molecular weight is 172 g/mol. The highest BCUT2D eigenvalue weighted by Crippen LogP contribution is 1.87. The lowest BCUT2D eigenvalue weighted by molar-refractivity contribution is -0.135. The summed E-state index contributed by atoms with van der Waals surface area (Å²) in [4.78, 5) is 12.6. The molecule has 0 spiro atoms. The monoisotopic (exact) mass is 172 g/mol. The van der Waals surface area contributed by atoms with Crippen molar-refractivity contribution in [2.75, 3.05) is 19.6 Å². The van der Waals surface area contributed by atoms with Gasteiger partial charge >= 0.3 is 5.97 Å². The molecule has 0 atom stereocenters. The fraction of sp³-hybridized carbons (Fsp3) is 0.833. The number of carbonyl (C=O) groups is 1. The van der Waals surface area contributed by atoms with E-state index in [0.717, 1.165) is 12.8 Å². The first-order valence-electron chi connectivity index (χ1n) is 3.70. The van der Waals surface area contributed by atoms with E-state index in [9.17, 15) is 4.79 Å². The van der Waals surface area contributed by atoms with E-state index in [0.29, 0.717) is 13.1 Å². The molecule has 0 unspecified atom stereocenters. The number of aliphatic carboxylic acids is 1. The summed E-state index contributed by atoms with van der Waals surface area (Å²) < 4.78 is 0. The minimum Gasteiger partial charge on any atom is -0.480 e. The van der Waals surface area contributed by atoms with Crippen LogP contribution in [0.4, 0.5) is 0 Å². The van der Waals surface area contributed by atoms with Crippen molar-refractivity contribution in [3.63, 3.8) is 0 Å². The summed E-state index contributed by atoms with van der Waals surface area (Å²) in [5.41, 5.74) is 7.91. The first-order chi connectivity index (χ1) is 5.77. The standard InChI is InChI=1S/C6H12N4O2/c7-10-9-4-2-1-3-8-5-6(11)12/h8H,1-5H2,(H,11,12). The van der Waals surface area contributed by atoms with E-state index in [2.05, 4.69) is 15.3 Å². The van der Waals surface area contributed by atoms with Crippen molar-refractivity contribution < 1.29 is 9.90 Å². The third kappa shape index (κ3) is 8.74. The normalized spacial score (nSPS) is 9.00. The number of nitrogens with one attached hydrogen (secondary N) is 1. The van der Waals surface area contributed by atoms with Gasteiger partial charge in [0.2, 0.25) is 0 Å². The Balaban J connectivity index is 3.00. The zero-order chi connectivity index (χ0) is 9.23. The minimum absolute atomic E-state index is 0.0124. The highest BCUT2D eigenvalue weighted by molar-refractivity contribution is 5.68. The summed E-state index contributed by atoms with van der Waals surface area (Å²) in [7, 11) is 0. The van der Waals surface area contributed by atoms with Crippen LogP contribution >= 0.6 is 0 Å². The van der Waals surface area contributed by atoms with Crippen molar-refractivity contribution in [1.29, 1.82) is 0 Å². The van der Waals surface area contributed by atoms with E-state index in [1.807, 2.05) is 0 Å². The molecule has 0 aromatic rings. The van der Waals surface area contributed by atoms with Gasteiger partial charge in [-0.05, 0) is 24.9 Å². The van der Waals surface area contributed by atoms with Crippen molar-refractivity contribution in [2.45, 2.75) is 12.8 Å². The molecule has 0 aromatic heterocycles. The third-order valence-corrected chi connectivity index (χ3v) is 1.20. The zero-order valence-electron chi connectivity index (χ0n) is 6.73. The van der Waals surface area contributed by atoms with Crippen LogP contribution in [0.5, 0.6) is 0 Å². The number of hydrogen-bond acceptors (Lipinski definition) is 3. The van der Waals surface area contributed by atoms with Crippen molar-refractivity contribution in [3.05, 3.63) is 10.4 Å². The molecular formula is C6H12N4O2. The number of unbranched alkanes of at least 4 members (excludes halogenated alkanes) is 1. The lowest BCUT2D eigenvalue weighted by Gasteiger charge is -1.98. The first kappa shape index (κ1) is 10.7. The Morgan fingerprint density at radius 1 is 1.58 bits per heavy atom. The fourth-order valence-corrected chi connectivity index (χ4v) is 0.673. The van der Waals surface area contributed by atoms with Crippen molar-refractivity contribution in [1.82, 2.24) is 5.32 Å². The summed E-state index contributed by atoms with van der Waals surface area (Å²) in [6.45, 7) is 1.11. The van der Waals surface area contributed by atoms with Gasteiger partial charge in [0.25, 0.3) is 0 Å². The maximum absolute atomic E-state index is 10.0. The Morgan fingerprint density at radius 3 is 2.92 bits per heavy atom. The molecular weight excluding hydrogens is 160 g/mol. The fourth-order valence-electron chi connectivity index (χ4n) is 0.673. The van der Waals surface area contributed by atoms with Crippen LogP contribution in [0.15, 0.2) is 5.11 Å². The molecule has 0 aliphatic heterocycles. The summed E-state index contributed by atoms with van der Waals surface area (Å²) in [6.07, 6.45) is 1.61. The molecule has 6 heteroatoms. The van der Waals surface area contributed by atoms with Gasteiger partial charge in [-0.1, -0.05) is 5.11 Å². The molecule has 0 saturated carbocycles. The van der Waals surface area contributed by atoms with Crippen LogP contribution in [0.3, 0.4) is 0 Å². The number of azide groups is 1. The molecule has 0 aliphatic carbocycles. The SMILES string of the molecule is [N-]=[N+]=NCCCCNCC(=O)O. The van der Waals surface area contributed by atoms with Gasteiger partial charge in [0.15, 0.2) is 0 Å². The van der Waals surface area contributed by atoms with Crippen molar-refractivity contribution >= 4 is 5.97 Å². The van der Waals surface area contributed by atoms with E-state index >= 15 is 0 Å². The van der Waals surface area contributed by atoms with E-state index in [1.54, 1.807) is 0 Å². The van der Waals surface area contributed by atoms with Crippen LogP contribution in [0.2, 0.25) is 0 Å². The molecule has 0 saturated heterocycles. The minimum atomic E-state index is -0.856. The Hall–Kier alpha value is -1.26. The summed E-state index contributed by atoms with van der Waals surface area (Å²) in [5, 5.41) is 14.3. The van der Waals surface area contributed by atoms with Crippen LogP contribution < -0.4 is 5.32 Å².